The fraction of sp³-hybridized carbons (Fsp3) is 0.474. The molecule has 0 saturated carbocycles. The first kappa shape index (κ1) is 21.3. The highest BCUT2D eigenvalue weighted by atomic mass is 32.2. The third kappa shape index (κ3) is 5.54. The van der Waals surface area contributed by atoms with Crippen LogP contribution in [0.4, 0.5) is 4.39 Å². The molecule has 0 radical (unpaired) electrons. The maximum Gasteiger partial charge on any atom is 0.260 e. The lowest BCUT2D eigenvalue weighted by atomic mass is 10.2. The van der Waals surface area contributed by atoms with Crippen molar-refractivity contribution in [1.82, 2.24) is 18.8 Å². The predicted molar refractivity (Wildman–Crippen MR) is 105 cm³/mol. The number of likely N-dealkylation sites (tertiary alicyclic amines) is 1. The van der Waals surface area contributed by atoms with Gasteiger partial charge in [0.25, 0.3) is 5.91 Å². The molecular weight excluding hydrogens is 399 g/mol. The van der Waals surface area contributed by atoms with Gasteiger partial charge in [-0.15, -0.1) is 0 Å². The van der Waals surface area contributed by atoms with Crippen LogP contribution in [-0.4, -0.2) is 71.6 Å². The van der Waals surface area contributed by atoms with Gasteiger partial charge in [-0.2, -0.15) is 4.31 Å². The van der Waals surface area contributed by atoms with Crippen molar-refractivity contribution in [2.45, 2.75) is 25.9 Å². The van der Waals surface area contributed by atoms with Crippen LogP contribution in [0.1, 0.15) is 12.2 Å². The van der Waals surface area contributed by atoms with Crippen LogP contribution < -0.4 is 4.74 Å². The van der Waals surface area contributed by atoms with E-state index in [4.69, 9.17) is 4.74 Å². The molecule has 3 rings (SSSR count). The molecule has 0 bridgehead atoms. The number of hydrogen-bond acceptors (Lipinski definition) is 5. The molecule has 0 N–H and O–H groups in total. The first-order chi connectivity index (χ1) is 13.7. The monoisotopic (exact) mass is 424 g/mol. The number of halogens is 1. The van der Waals surface area contributed by atoms with Gasteiger partial charge >= 0.3 is 0 Å². The quantitative estimate of drug-likeness (QED) is 0.637. The number of carbonyl (C=O) groups is 1. The maximum atomic E-state index is 12.9. The van der Waals surface area contributed by atoms with E-state index in [1.807, 2.05) is 17.7 Å². The van der Waals surface area contributed by atoms with E-state index in [1.54, 1.807) is 11.1 Å². The Bertz CT molecular complexity index is 945. The number of benzene rings is 1. The SMILES string of the molecule is Cc1nccn1CCN(C1CCN(C(=O)COc2ccc(F)cc2)C1)S(C)(=O)=O. The Kier molecular flexibility index (Phi) is 6.53. The van der Waals surface area contributed by atoms with Crippen molar-refractivity contribution in [3.05, 3.63) is 48.3 Å². The predicted octanol–water partition coefficient (Wildman–Crippen LogP) is 1.27. The van der Waals surface area contributed by atoms with Gasteiger partial charge in [-0.25, -0.2) is 17.8 Å². The zero-order chi connectivity index (χ0) is 21.0. The molecule has 1 aliphatic heterocycles. The fourth-order valence-corrected chi connectivity index (χ4v) is 4.56. The molecule has 1 aliphatic rings. The molecule has 2 heterocycles. The first-order valence-corrected chi connectivity index (χ1v) is 11.2. The number of aryl methyl sites for hydroxylation is 1. The molecule has 1 amide bonds. The van der Waals surface area contributed by atoms with Crippen molar-refractivity contribution in [1.29, 1.82) is 0 Å². The van der Waals surface area contributed by atoms with Gasteiger partial charge in [0, 0.05) is 44.6 Å². The summed E-state index contributed by atoms with van der Waals surface area (Å²) in [5.41, 5.74) is 0. The molecule has 8 nitrogen and oxygen atoms in total. The minimum atomic E-state index is -3.43. The summed E-state index contributed by atoms with van der Waals surface area (Å²) in [7, 11) is -3.43. The lowest BCUT2D eigenvalue weighted by Gasteiger charge is -2.27. The molecule has 2 aromatic rings. The molecule has 1 fully saturated rings. The number of sulfonamides is 1. The average molecular weight is 424 g/mol. The van der Waals surface area contributed by atoms with E-state index in [2.05, 4.69) is 4.98 Å². The van der Waals surface area contributed by atoms with Crippen molar-refractivity contribution >= 4 is 15.9 Å². The number of nitrogens with zero attached hydrogens (tertiary/aromatic N) is 4. The summed E-state index contributed by atoms with van der Waals surface area (Å²) in [6.45, 7) is 3.28. The topological polar surface area (TPSA) is 84.7 Å². The van der Waals surface area contributed by atoms with Crippen LogP contribution in [0.5, 0.6) is 5.75 Å². The molecule has 1 aromatic heterocycles. The van der Waals surface area contributed by atoms with E-state index < -0.39 is 10.0 Å². The fourth-order valence-electron chi connectivity index (χ4n) is 3.44. The Labute approximate surface area is 169 Å². The van der Waals surface area contributed by atoms with Crippen LogP contribution in [-0.2, 0) is 21.4 Å². The van der Waals surface area contributed by atoms with Crippen LogP contribution in [0.15, 0.2) is 36.7 Å². The average Bonchev–Trinajstić information content (AvgIpc) is 3.30. The lowest BCUT2D eigenvalue weighted by molar-refractivity contribution is -0.132. The largest absolute Gasteiger partial charge is 0.484 e. The summed E-state index contributed by atoms with van der Waals surface area (Å²) in [6, 6.07) is 5.16. The molecule has 0 aliphatic carbocycles. The Morgan fingerprint density at radius 2 is 2.07 bits per heavy atom. The third-order valence-electron chi connectivity index (χ3n) is 5.01. The molecule has 29 heavy (non-hydrogen) atoms. The highest BCUT2D eigenvalue weighted by molar-refractivity contribution is 7.88. The zero-order valence-corrected chi connectivity index (χ0v) is 17.3. The Hall–Kier alpha value is -2.46. The van der Waals surface area contributed by atoms with Crippen LogP contribution in [0, 0.1) is 12.7 Å². The number of carbonyl (C=O) groups excluding carboxylic acids is 1. The second-order valence-corrected chi connectivity index (χ2v) is 9.00. The van der Waals surface area contributed by atoms with Crippen molar-refractivity contribution in [3.63, 3.8) is 0 Å². The van der Waals surface area contributed by atoms with E-state index >= 15 is 0 Å². The van der Waals surface area contributed by atoms with Crippen LogP contribution in [0.3, 0.4) is 0 Å². The summed E-state index contributed by atoms with van der Waals surface area (Å²) in [5.74, 6) is 0.622. The zero-order valence-electron chi connectivity index (χ0n) is 16.5. The van der Waals surface area contributed by atoms with Gasteiger partial charge in [-0.3, -0.25) is 4.79 Å². The molecule has 1 atom stereocenters. The van der Waals surface area contributed by atoms with Gasteiger partial charge < -0.3 is 14.2 Å². The van der Waals surface area contributed by atoms with E-state index in [0.717, 1.165) is 5.82 Å². The summed E-state index contributed by atoms with van der Waals surface area (Å²) < 4.78 is 46.3. The van der Waals surface area contributed by atoms with Gasteiger partial charge in [0.05, 0.1) is 6.26 Å². The number of hydrogen-bond donors (Lipinski definition) is 0. The Morgan fingerprint density at radius 1 is 1.34 bits per heavy atom. The standard InChI is InChI=1S/C19H25FN4O4S/c1-15-21-8-10-22(15)11-12-24(29(2,26)27)17-7-9-23(13-17)19(25)14-28-18-5-3-16(20)4-6-18/h3-6,8,10,17H,7,9,11-14H2,1-2H3. The normalized spacial score (nSPS) is 17.1. The van der Waals surface area contributed by atoms with Crippen molar-refractivity contribution in [2.75, 3.05) is 32.5 Å². The number of aromatic nitrogens is 2. The minimum Gasteiger partial charge on any atom is -0.484 e. The molecule has 10 heteroatoms. The number of ether oxygens (including phenoxy) is 1. The molecular formula is C19H25FN4O4S. The minimum absolute atomic E-state index is 0.175. The number of imidazole rings is 1. The van der Waals surface area contributed by atoms with Gasteiger partial charge in [-0.1, -0.05) is 0 Å². The molecule has 1 unspecified atom stereocenters. The number of amides is 1. The Morgan fingerprint density at radius 3 is 2.69 bits per heavy atom. The highest BCUT2D eigenvalue weighted by Gasteiger charge is 2.34. The van der Waals surface area contributed by atoms with Crippen molar-refractivity contribution < 1.29 is 22.3 Å². The highest BCUT2D eigenvalue weighted by Crippen LogP contribution is 2.19. The molecule has 1 aromatic carbocycles. The third-order valence-corrected chi connectivity index (χ3v) is 6.34. The van der Waals surface area contributed by atoms with Gasteiger partial charge in [-0.05, 0) is 37.6 Å². The van der Waals surface area contributed by atoms with Gasteiger partial charge in [0.1, 0.15) is 17.4 Å². The van der Waals surface area contributed by atoms with Crippen LogP contribution >= 0.6 is 0 Å². The van der Waals surface area contributed by atoms with E-state index in [0.29, 0.717) is 38.3 Å². The molecule has 158 valence electrons. The van der Waals surface area contributed by atoms with Crippen molar-refractivity contribution in [3.8, 4) is 5.75 Å². The second-order valence-electron chi connectivity index (χ2n) is 7.07. The van der Waals surface area contributed by atoms with E-state index in [-0.39, 0.29) is 24.4 Å². The summed E-state index contributed by atoms with van der Waals surface area (Å²) >= 11 is 0. The summed E-state index contributed by atoms with van der Waals surface area (Å²) in [5, 5.41) is 0. The van der Waals surface area contributed by atoms with Crippen molar-refractivity contribution in [2.24, 2.45) is 0 Å². The second kappa shape index (κ2) is 8.91. The smallest absolute Gasteiger partial charge is 0.260 e. The maximum absolute atomic E-state index is 12.9. The van der Waals surface area contributed by atoms with Crippen LogP contribution in [0.2, 0.25) is 0 Å². The Balaban J connectivity index is 1.56. The van der Waals surface area contributed by atoms with Gasteiger partial charge in [0.15, 0.2) is 6.61 Å². The van der Waals surface area contributed by atoms with Crippen LogP contribution in [0.25, 0.3) is 0 Å². The molecule has 0 spiro atoms. The summed E-state index contributed by atoms with van der Waals surface area (Å²) in [6.07, 6.45) is 5.25. The number of rotatable bonds is 8. The van der Waals surface area contributed by atoms with E-state index in [9.17, 15) is 17.6 Å². The first-order valence-electron chi connectivity index (χ1n) is 9.35. The lowest BCUT2D eigenvalue weighted by Crippen LogP contribution is -2.44. The summed E-state index contributed by atoms with van der Waals surface area (Å²) in [4.78, 5) is 18.2. The van der Waals surface area contributed by atoms with E-state index in [1.165, 1.54) is 34.8 Å². The molecule has 1 saturated heterocycles. The van der Waals surface area contributed by atoms with Gasteiger partial charge in [0.2, 0.25) is 10.0 Å².